The number of carbonyl (C=O) groups excluding carboxylic acids is 1. The lowest BCUT2D eigenvalue weighted by molar-refractivity contribution is -0.137. The third-order valence-electron chi connectivity index (χ3n) is 4.02. The van der Waals surface area contributed by atoms with E-state index in [1.165, 1.54) is 6.07 Å². The van der Waals surface area contributed by atoms with E-state index in [9.17, 15) is 23.1 Å². The molecule has 3 nitrogen and oxygen atoms in total. The second-order valence-electron chi connectivity index (χ2n) is 6.13. The van der Waals surface area contributed by atoms with E-state index in [1.807, 2.05) is 13.8 Å². The van der Waals surface area contributed by atoms with E-state index in [0.29, 0.717) is 12.0 Å². The molecule has 0 heterocycles. The van der Waals surface area contributed by atoms with Crippen LogP contribution < -0.4 is 5.32 Å². The molecule has 1 aromatic carbocycles. The first-order valence-corrected chi connectivity index (χ1v) is 7.33. The molecule has 1 aliphatic carbocycles. The van der Waals surface area contributed by atoms with Crippen LogP contribution in [0.3, 0.4) is 0 Å². The summed E-state index contributed by atoms with van der Waals surface area (Å²) in [5, 5.41) is 12.3. The quantitative estimate of drug-likeness (QED) is 0.878. The fourth-order valence-electron chi connectivity index (χ4n) is 2.37. The van der Waals surface area contributed by atoms with Crippen LogP contribution in [0.1, 0.15) is 37.3 Å². The Kier molecular flexibility index (Phi) is 4.80. The predicted octanol–water partition coefficient (Wildman–Crippen LogP) is 2.94. The zero-order valence-corrected chi connectivity index (χ0v) is 12.5. The van der Waals surface area contributed by atoms with Gasteiger partial charge in [-0.25, -0.2) is 0 Å². The minimum atomic E-state index is -4.37. The van der Waals surface area contributed by atoms with Gasteiger partial charge in [0.1, 0.15) is 0 Å². The molecule has 6 heteroatoms. The van der Waals surface area contributed by atoms with Crippen LogP contribution in [-0.2, 0) is 11.0 Å². The highest BCUT2D eigenvalue weighted by Crippen LogP contribution is 2.48. The summed E-state index contributed by atoms with van der Waals surface area (Å²) < 4.78 is 38.1. The summed E-state index contributed by atoms with van der Waals surface area (Å²) in [7, 11) is 0. The van der Waals surface area contributed by atoms with Crippen molar-refractivity contribution in [2.75, 3.05) is 6.54 Å². The summed E-state index contributed by atoms with van der Waals surface area (Å²) in [6, 6.07) is 5.13. The van der Waals surface area contributed by atoms with Gasteiger partial charge in [-0.3, -0.25) is 4.79 Å². The number of benzene rings is 1. The first kappa shape index (κ1) is 16.8. The smallest absolute Gasteiger partial charge is 0.391 e. The molecule has 0 aliphatic heterocycles. The first-order valence-electron chi connectivity index (χ1n) is 7.33. The number of carbonyl (C=O) groups is 1. The van der Waals surface area contributed by atoms with Crippen LogP contribution in [0.2, 0.25) is 0 Å². The molecule has 0 bridgehead atoms. The highest BCUT2D eigenvalue weighted by Gasteiger charge is 2.44. The Balaban J connectivity index is 1.93. The van der Waals surface area contributed by atoms with Crippen LogP contribution in [0.5, 0.6) is 0 Å². The van der Waals surface area contributed by atoms with Crippen molar-refractivity contribution >= 4 is 5.91 Å². The predicted molar refractivity (Wildman–Crippen MR) is 76.1 cm³/mol. The molecule has 2 N–H and O–H groups in total. The summed E-state index contributed by atoms with van der Waals surface area (Å²) in [5.74, 6) is -0.637. The van der Waals surface area contributed by atoms with E-state index in [0.717, 1.165) is 12.1 Å². The summed E-state index contributed by atoms with van der Waals surface area (Å²) in [6.07, 6.45) is -4.44. The third-order valence-corrected chi connectivity index (χ3v) is 4.02. The zero-order valence-electron chi connectivity index (χ0n) is 12.5. The van der Waals surface area contributed by atoms with Crippen molar-refractivity contribution in [3.05, 3.63) is 35.4 Å². The molecule has 0 spiro atoms. The van der Waals surface area contributed by atoms with Gasteiger partial charge >= 0.3 is 6.18 Å². The van der Waals surface area contributed by atoms with E-state index in [2.05, 4.69) is 5.32 Å². The van der Waals surface area contributed by atoms with Crippen LogP contribution in [0.25, 0.3) is 0 Å². The van der Waals surface area contributed by atoms with Gasteiger partial charge < -0.3 is 10.4 Å². The van der Waals surface area contributed by atoms with Gasteiger partial charge in [-0.05, 0) is 29.9 Å². The van der Waals surface area contributed by atoms with Gasteiger partial charge in [0.2, 0.25) is 5.91 Å². The maximum atomic E-state index is 12.7. The lowest BCUT2D eigenvalue weighted by Gasteiger charge is -2.15. The Hall–Kier alpha value is -1.56. The van der Waals surface area contributed by atoms with Gasteiger partial charge in [0, 0.05) is 12.5 Å². The minimum Gasteiger partial charge on any atom is -0.391 e. The number of hydrogen-bond donors (Lipinski definition) is 2. The molecular weight excluding hydrogens is 295 g/mol. The molecule has 1 fully saturated rings. The average Bonchev–Trinajstić information content (AvgIpc) is 3.24. The van der Waals surface area contributed by atoms with Gasteiger partial charge in [0.25, 0.3) is 0 Å². The normalized spacial score (nSPS) is 22.5. The molecule has 2 rings (SSSR count). The highest BCUT2D eigenvalue weighted by atomic mass is 19.4. The number of halogens is 3. The number of rotatable bonds is 5. The molecule has 1 aromatic rings. The zero-order chi connectivity index (χ0) is 16.5. The second-order valence-corrected chi connectivity index (χ2v) is 6.13. The maximum absolute atomic E-state index is 12.7. The van der Waals surface area contributed by atoms with Crippen molar-refractivity contribution in [1.29, 1.82) is 0 Å². The van der Waals surface area contributed by atoms with Gasteiger partial charge in [-0.1, -0.05) is 32.0 Å². The second kappa shape index (κ2) is 6.28. The van der Waals surface area contributed by atoms with Crippen LogP contribution in [0, 0.1) is 11.8 Å². The summed E-state index contributed by atoms with van der Waals surface area (Å²) in [4.78, 5) is 12.0. The lowest BCUT2D eigenvalue weighted by Crippen LogP contribution is -2.35. The molecule has 1 saturated carbocycles. The SMILES string of the molecule is CC(C)C(O)CNC(=O)C1CC1c1cccc(C(F)(F)F)c1. The average molecular weight is 315 g/mol. The molecule has 0 aromatic heterocycles. The molecule has 1 aliphatic rings. The van der Waals surface area contributed by atoms with E-state index in [4.69, 9.17) is 0 Å². The molecular formula is C16H20F3NO2. The number of aliphatic hydroxyl groups excluding tert-OH is 1. The molecule has 1 amide bonds. The van der Waals surface area contributed by atoms with Gasteiger partial charge in [-0.15, -0.1) is 0 Å². The van der Waals surface area contributed by atoms with Crippen molar-refractivity contribution in [2.45, 2.75) is 38.5 Å². The lowest BCUT2D eigenvalue weighted by atomic mass is 10.0. The molecule has 0 saturated heterocycles. The number of aliphatic hydroxyl groups is 1. The highest BCUT2D eigenvalue weighted by molar-refractivity contribution is 5.82. The van der Waals surface area contributed by atoms with Crippen LogP contribution in [-0.4, -0.2) is 23.7 Å². The largest absolute Gasteiger partial charge is 0.416 e. The van der Waals surface area contributed by atoms with Crippen molar-refractivity contribution in [3.8, 4) is 0 Å². The number of amides is 1. The standard InChI is InChI=1S/C16H20F3NO2/c1-9(2)14(21)8-20-15(22)13-7-12(13)10-4-3-5-11(6-10)16(17,18)19/h3-6,9,12-14,21H,7-8H2,1-2H3,(H,20,22). The summed E-state index contributed by atoms with van der Waals surface area (Å²) >= 11 is 0. The number of alkyl halides is 3. The number of nitrogens with one attached hydrogen (secondary N) is 1. The van der Waals surface area contributed by atoms with E-state index in [-0.39, 0.29) is 30.2 Å². The van der Waals surface area contributed by atoms with Crippen molar-refractivity contribution in [3.63, 3.8) is 0 Å². The van der Waals surface area contributed by atoms with Crippen molar-refractivity contribution < 1.29 is 23.1 Å². The Morgan fingerprint density at radius 2 is 2.09 bits per heavy atom. The monoisotopic (exact) mass is 315 g/mol. The van der Waals surface area contributed by atoms with Crippen LogP contribution >= 0.6 is 0 Å². The summed E-state index contributed by atoms with van der Waals surface area (Å²) in [5.41, 5.74) is -0.148. The molecule has 122 valence electrons. The molecule has 3 unspecified atom stereocenters. The fraction of sp³-hybridized carbons (Fsp3) is 0.562. The molecule has 22 heavy (non-hydrogen) atoms. The third kappa shape index (κ3) is 4.00. The van der Waals surface area contributed by atoms with E-state index in [1.54, 1.807) is 6.07 Å². The Morgan fingerprint density at radius 1 is 1.41 bits per heavy atom. The van der Waals surface area contributed by atoms with Crippen LogP contribution in [0.15, 0.2) is 24.3 Å². The molecule has 3 atom stereocenters. The maximum Gasteiger partial charge on any atom is 0.416 e. The Morgan fingerprint density at radius 3 is 2.68 bits per heavy atom. The Labute approximate surface area is 127 Å². The first-order chi connectivity index (χ1) is 10.2. The van der Waals surface area contributed by atoms with Gasteiger partial charge in [0.05, 0.1) is 11.7 Å². The van der Waals surface area contributed by atoms with Crippen LogP contribution in [0.4, 0.5) is 13.2 Å². The van der Waals surface area contributed by atoms with E-state index < -0.39 is 17.8 Å². The van der Waals surface area contributed by atoms with Crippen molar-refractivity contribution in [1.82, 2.24) is 5.32 Å². The molecule has 0 radical (unpaired) electrons. The van der Waals surface area contributed by atoms with Gasteiger partial charge in [-0.2, -0.15) is 13.2 Å². The fourth-order valence-corrected chi connectivity index (χ4v) is 2.37. The topological polar surface area (TPSA) is 49.3 Å². The van der Waals surface area contributed by atoms with Gasteiger partial charge in [0.15, 0.2) is 0 Å². The van der Waals surface area contributed by atoms with E-state index >= 15 is 0 Å². The summed E-state index contributed by atoms with van der Waals surface area (Å²) in [6.45, 7) is 3.86. The number of hydrogen-bond acceptors (Lipinski definition) is 2. The Bertz CT molecular complexity index is 542. The van der Waals surface area contributed by atoms with Crippen molar-refractivity contribution in [2.24, 2.45) is 11.8 Å². The minimum absolute atomic E-state index is 0.0405.